The summed E-state index contributed by atoms with van der Waals surface area (Å²) >= 11 is 0. The summed E-state index contributed by atoms with van der Waals surface area (Å²) in [4.78, 5) is 13.7. The van der Waals surface area contributed by atoms with Gasteiger partial charge in [-0.2, -0.15) is 0 Å². The number of hydrogen-bond donors (Lipinski definition) is 1. The molecule has 1 atom stereocenters. The SMILES string of the molecule is COC(=O)C1=CC(O)N(CC2OCCO2)c2cc(OC)ccc21. The minimum atomic E-state index is -0.989. The first kappa shape index (κ1) is 15.8. The molecule has 0 spiro atoms. The zero-order valence-corrected chi connectivity index (χ0v) is 13.0. The molecule has 0 bridgehead atoms. The normalized spacial score (nSPS) is 20.9. The quantitative estimate of drug-likeness (QED) is 0.821. The molecule has 0 aromatic heterocycles. The lowest BCUT2D eigenvalue weighted by atomic mass is 9.97. The highest BCUT2D eigenvalue weighted by Crippen LogP contribution is 2.37. The molecule has 1 unspecified atom stereocenters. The van der Waals surface area contributed by atoms with Crippen molar-refractivity contribution in [3.63, 3.8) is 0 Å². The maximum Gasteiger partial charge on any atom is 0.338 e. The van der Waals surface area contributed by atoms with Crippen LogP contribution in [0.5, 0.6) is 5.75 Å². The van der Waals surface area contributed by atoms with Crippen molar-refractivity contribution in [3.8, 4) is 5.75 Å². The van der Waals surface area contributed by atoms with Crippen LogP contribution in [0, 0.1) is 0 Å². The van der Waals surface area contributed by atoms with Gasteiger partial charge in [0, 0.05) is 11.6 Å². The average Bonchev–Trinajstić information content (AvgIpc) is 3.09. The molecule has 7 heteroatoms. The van der Waals surface area contributed by atoms with Gasteiger partial charge >= 0.3 is 5.97 Å². The molecule has 2 heterocycles. The third-order valence-corrected chi connectivity index (χ3v) is 3.88. The smallest absolute Gasteiger partial charge is 0.338 e. The minimum Gasteiger partial charge on any atom is -0.497 e. The second-order valence-corrected chi connectivity index (χ2v) is 5.19. The van der Waals surface area contributed by atoms with E-state index >= 15 is 0 Å². The van der Waals surface area contributed by atoms with Crippen molar-refractivity contribution < 1.29 is 28.8 Å². The molecule has 2 aliphatic heterocycles. The standard InChI is InChI=1S/C16H19NO6/c1-20-10-3-4-11-12(16(19)21-2)8-14(18)17(13(11)7-10)9-15-22-5-6-23-15/h3-4,7-8,14-15,18H,5-6,9H2,1-2H3. The molecule has 7 nitrogen and oxygen atoms in total. The summed E-state index contributed by atoms with van der Waals surface area (Å²) in [5.74, 6) is 0.129. The minimum absolute atomic E-state index is 0.321. The third-order valence-electron chi connectivity index (χ3n) is 3.88. The fraction of sp³-hybridized carbons (Fsp3) is 0.438. The number of methoxy groups -OCH3 is 2. The van der Waals surface area contributed by atoms with Gasteiger partial charge in [-0.1, -0.05) is 0 Å². The first-order valence-corrected chi connectivity index (χ1v) is 7.30. The van der Waals surface area contributed by atoms with Crippen LogP contribution in [0.3, 0.4) is 0 Å². The molecule has 0 aliphatic carbocycles. The van der Waals surface area contributed by atoms with E-state index in [2.05, 4.69) is 0 Å². The van der Waals surface area contributed by atoms with Crippen molar-refractivity contribution in [2.24, 2.45) is 0 Å². The lowest BCUT2D eigenvalue weighted by molar-refractivity contribution is -0.133. The number of esters is 1. The Balaban J connectivity index is 1.99. The summed E-state index contributed by atoms with van der Waals surface area (Å²) in [6.45, 7) is 1.40. The number of nitrogens with zero attached hydrogens (tertiary/aromatic N) is 1. The first-order valence-electron chi connectivity index (χ1n) is 7.30. The van der Waals surface area contributed by atoms with Crippen LogP contribution in [-0.4, -0.2) is 57.6 Å². The molecule has 1 saturated heterocycles. The summed E-state index contributed by atoms with van der Waals surface area (Å²) in [5.41, 5.74) is 1.65. The van der Waals surface area contributed by atoms with Crippen molar-refractivity contribution >= 4 is 17.2 Å². The first-order chi connectivity index (χ1) is 11.1. The molecule has 124 valence electrons. The number of aliphatic hydroxyl groups excluding tert-OH is 1. The highest BCUT2D eigenvalue weighted by Gasteiger charge is 2.32. The van der Waals surface area contributed by atoms with Gasteiger partial charge in [-0.25, -0.2) is 4.79 Å². The van der Waals surface area contributed by atoms with E-state index in [9.17, 15) is 9.90 Å². The van der Waals surface area contributed by atoms with Crippen molar-refractivity contribution in [2.45, 2.75) is 12.5 Å². The molecule has 3 rings (SSSR count). The van der Waals surface area contributed by atoms with Crippen LogP contribution in [0.2, 0.25) is 0 Å². The Hall–Kier alpha value is -2.09. The molecular formula is C16H19NO6. The predicted octanol–water partition coefficient (Wildman–Crippen LogP) is 0.763. The van der Waals surface area contributed by atoms with Crippen molar-refractivity contribution in [1.29, 1.82) is 0 Å². The maximum absolute atomic E-state index is 12.0. The Morgan fingerprint density at radius 1 is 1.35 bits per heavy atom. The highest BCUT2D eigenvalue weighted by molar-refractivity contribution is 6.19. The summed E-state index contributed by atoms with van der Waals surface area (Å²) in [7, 11) is 2.87. The van der Waals surface area contributed by atoms with E-state index in [1.807, 2.05) is 0 Å². The number of rotatable bonds is 4. The zero-order chi connectivity index (χ0) is 16.4. The number of anilines is 1. The van der Waals surface area contributed by atoms with Gasteiger partial charge in [0.25, 0.3) is 0 Å². The van der Waals surface area contributed by atoms with Crippen LogP contribution in [0.15, 0.2) is 24.3 Å². The van der Waals surface area contributed by atoms with Crippen LogP contribution in [0.4, 0.5) is 5.69 Å². The second-order valence-electron chi connectivity index (χ2n) is 5.19. The topological polar surface area (TPSA) is 77.5 Å². The highest BCUT2D eigenvalue weighted by atomic mass is 16.7. The van der Waals surface area contributed by atoms with Crippen molar-refractivity contribution in [3.05, 3.63) is 29.8 Å². The zero-order valence-electron chi connectivity index (χ0n) is 13.0. The molecule has 1 N–H and O–H groups in total. The van der Waals surface area contributed by atoms with Gasteiger partial charge in [-0.3, -0.25) is 0 Å². The van der Waals surface area contributed by atoms with E-state index in [1.165, 1.54) is 13.2 Å². The van der Waals surface area contributed by atoms with Gasteiger partial charge in [0.15, 0.2) is 6.29 Å². The summed E-state index contributed by atoms with van der Waals surface area (Å²) in [6.07, 6.45) is 0.0589. The molecule has 0 saturated carbocycles. The molecule has 0 radical (unpaired) electrons. The molecule has 23 heavy (non-hydrogen) atoms. The fourth-order valence-corrected chi connectivity index (χ4v) is 2.74. The fourth-order valence-electron chi connectivity index (χ4n) is 2.74. The average molecular weight is 321 g/mol. The number of benzene rings is 1. The van der Waals surface area contributed by atoms with Gasteiger partial charge < -0.3 is 29.0 Å². The Morgan fingerprint density at radius 2 is 2.09 bits per heavy atom. The van der Waals surface area contributed by atoms with E-state index in [-0.39, 0.29) is 0 Å². The van der Waals surface area contributed by atoms with Crippen molar-refractivity contribution in [2.75, 3.05) is 38.9 Å². The number of fused-ring (bicyclic) bond motifs is 1. The van der Waals surface area contributed by atoms with Gasteiger partial charge in [-0.05, 0) is 18.2 Å². The van der Waals surface area contributed by atoms with Crippen molar-refractivity contribution in [1.82, 2.24) is 0 Å². The molecule has 0 amide bonds. The van der Waals surface area contributed by atoms with E-state index in [0.717, 1.165) is 0 Å². The molecule has 1 fully saturated rings. The Kier molecular flexibility index (Phi) is 4.51. The van der Waals surface area contributed by atoms with E-state index in [4.69, 9.17) is 18.9 Å². The number of carbonyl (C=O) groups excluding carboxylic acids is 1. The van der Waals surface area contributed by atoms with Gasteiger partial charge in [0.05, 0.1) is 45.2 Å². The molecule has 1 aromatic carbocycles. The van der Waals surface area contributed by atoms with E-state index in [1.54, 1.807) is 30.2 Å². The Labute approximate surface area is 134 Å². The Bertz CT molecular complexity index is 623. The summed E-state index contributed by atoms with van der Waals surface area (Å²) in [6, 6.07) is 5.30. The summed E-state index contributed by atoms with van der Waals surface area (Å²) in [5, 5.41) is 10.4. The van der Waals surface area contributed by atoms with E-state index in [0.29, 0.717) is 42.3 Å². The van der Waals surface area contributed by atoms with Gasteiger partial charge in [-0.15, -0.1) is 0 Å². The largest absolute Gasteiger partial charge is 0.497 e. The van der Waals surface area contributed by atoms with Crippen LogP contribution < -0.4 is 9.64 Å². The molecular weight excluding hydrogens is 302 g/mol. The monoisotopic (exact) mass is 321 g/mol. The molecule has 2 aliphatic rings. The van der Waals surface area contributed by atoms with Gasteiger partial charge in [0.2, 0.25) is 0 Å². The summed E-state index contributed by atoms with van der Waals surface area (Å²) < 4.78 is 21.0. The Morgan fingerprint density at radius 3 is 2.74 bits per heavy atom. The van der Waals surface area contributed by atoms with Crippen LogP contribution in [0.25, 0.3) is 5.57 Å². The lowest BCUT2D eigenvalue weighted by Gasteiger charge is -2.35. The van der Waals surface area contributed by atoms with Gasteiger partial charge in [0.1, 0.15) is 12.0 Å². The number of hydrogen-bond acceptors (Lipinski definition) is 7. The molecule has 1 aromatic rings. The third kappa shape index (κ3) is 3.03. The predicted molar refractivity (Wildman–Crippen MR) is 82.0 cm³/mol. The lowest BCUT2D eigenvalue weighted by Crippen LogP contribution is -2.42. The number of ether oxygens (including phenoxy) is 4. The number of aliphatic hydroxyl groups is 1. The van der Waals surface area contributed by atoms with Crippen LogP contribution in [0.1, 0.15) is 5.56 Å². The van der Waals surface area contributed by atoms with Crippen LogP contribution >= 0.6 is 0 Å². The van der Waals surface area contributed by atoms with E-state index < -0.39 is 18.5 Å². The van der Waals surface area contributed by atoms with Crippen LogP contribution in [-0.2, 0) is 19.0 Å². The maximum atomic E-state index is 12.0. The second kappa shape index (κ2) is 6.57. The number of carbonyl (C=O) groups is 1.